The zero-order valence-electron chi connectivity index (χ0n) is 33.4. The molecule has 1 fully saturated rings. The number of ether oxygens (including phenoxy) is 1. The van der Waals surface area contributed by atoms with Gasteiger partial charge in [-0.05, 0) is 32.6 Å². The first-order valence-corrected chi connectivity index (χ1v) is 21.4. The number of nitrogens with zero attached hydrogens (tertiary/aromatic N) is 3. The Hall–Kier alpha value is -4.52. The van der Waals surface area contributed by atoms with E-state index in [-0.39, 0.29) is 62.4 Å². The molecule has 6 amide bonds. The van der Waals surface area contributed by atoms with Crippen LogP contribution in [0.25, 0.3) is 0 Å². The van der Waals surface area contributed by atoms with Crippen molar-refractivity contribution in [3.05, 3.63) is 0 Å². The van der Waals surface area contributed by atoms with E-state index in [9.17, 15) is 68.1 Å². The summed E-state index contributed by atoms with van der Waals surface area (Å²) < 4.78 is 12.8. The van der Waals surface area contributed by atoms with Crippen LogP contribution in [-0.4, -0.2) is 182 Å². The van der Waals surface area contributed by atoms with E-state index < -0.39 is 102 Å². The molecule has 0 radical (unpaired) electrons. The van der Waals surface area contributed by atoms with Crippen LogP contribution in [0.3, 0.4) is 0 Å². The molecule has 1 saturated heterocycles. The number of likely N-dealkylation sites (N-methyl/N-ethyl adjacent to an activating group) is 3. The van der Waals surface area contributed by atoms with Gasteiger partial charge in [0.1, 0.15) is 23.9 Å². The number of nitrogens with one attached hydrogen (secondary N) is 3. The molecule has 6 atom stereocenters. The summed E-state index contributed by atoms with van der Waals surface area (Å²) in [6.45, 7) is 0.0465. The van der Waals surface area contributed by atoms with Crippen molar-refractivity contribution in [2.45, 2.75) is 99.9 Å². The molecule has 1 aliphatic rings. The number of carbonyl (C=O) groups excluding carboxylic acids is 7. The van der Waals surface area contributed by atoms with Crippen molar-refractivity contribution < 1.29 is 100 Å². The van der Waals surface area contributed by atoms with Crippen LogP contribution in [0.4, 0.5) is 4.79 Å². The predicted octanol–water partition coefficient (Wildman–Crippen LogP) is -1.08. The van der Waals surface area contributed by atoms with E-state index >= 15 is 0 Å². The molecular weight excluding hydrogens is 927 g/mol. The van der Waals surface area contributed by atoms with Gasteiger partial charge in [0.15, 0.2) is 6.23 Å². The number of carboxylic acid groups (broad SMARTS) is 4. The van der Waals surface area contributed by atoms with Gasteiger partial charge in [-0.15, -0.1) is 11.8 Å². The second-order valence-corrected chi connectivity index (χ2v) is 15.3. The van der Waals surface area contributed by atoms with Crippen LogP contribution in [-0.2, 0) is 75.0 Å². The first-order chi connectivity index (χ1) is 28.3. The summed E-state index contributed by atoms with van der Waals surface area (Å²) in [6, 6.07) is -6.32. The maximum absolute atomic E-state index is 13.3. The van der Waals surface area contributed by atoms with Crippen molar-refractivity contribution in [1.82, 2.24) is 30.7 Å². The Kier molecular flexibility index (Phi) is 27.4. The third kappa shape index (κ3) is 19.7. The number of urea groups is 1. The summed E-state index contributed by atoms with van der Waals surface area (Å²) in [5, 5.41) is 43.5. The Labute approximate surface area is 364 Å². The van der Waals surface area contributed by atoms with E-state index in [1.54, 1.807) is 6.26 Å². The number of hydrogen-bond acceptors (Lipinski definition) is 16. The van der Waals surface area contributed by atoms with Crippen LogP contribution in [0.1, 0.15) is 64.2 Å². The van der Waals surface area contributed by atoms with Gasteiger partial charge in [-0.2, -0.15) is 11.8 Å². The molecule has 339 valence electrons. The SMILES string of the molecule is CN[C@@H](CCC(=O)CCCCCN1C(=O)CC(SC[C@H](NC(=O)N[C@@H](CCC(=O)O)OC=O)C(=O)O)C1=O)C(=O)N(C)[C@@H](CC(=O)O)C(=O)N(C)[C@@H](CSC)C(=O)O.[O]=[99Tc]. The van der Waals surface area contributed by atoms with Gasteiger partial charge in [0.2, 0.25) is 23.6 Å². The summed E-state index contributed by atoms with van der Waals surface area (Å²) in [7, 11) is 3.92. The number of carboxylic acids is 4. The first kappa shape index (κ1) is 55.5. The van der Waals surface area contributed by atoms with Gasteiger partial charge in [0.25, 0.3) is 6.47 Å². The molecule has 0 aromatic carbocycles. The molecule has 7 N–H and O–H groups in total. The van der Waals surface area contributed by atoms with Crippen molar-refractivity contribution in [3.8, 4) is 0 Å². The molecule has 0 aromatic rings. The first-order valence-electron chi connectivity index (χ1n) is 18.2. The number of imide groups is 1. The number of amides is 6. The van der Waals surface area contributed by atoms with Gasteiger partial charge in [0, 0.05) is 57.8 Å². The summed E-state index contributed by atoms with van der Waals surface area (Å²) in [5.41, 5.74) is 0. The summed E-state index contributed by atoms with van der Waals surface area (Å²) in [4.78, 5) is 136. The van der Waals surface area contributed by atoms with E-state index in [1.165, 1.54) is 32.9 Å². The Morgan fingerprint density at radius 3 is 2.00 bits per heavy atom. The normalized spacial score (nSPS) is 15.8. The monoisotopic (exact) mass is 979 g/mol. The summed E-state index contributed by atoms with van der Waals surface area (Å²) in [6.07, 6.45) is -0.0659. The number of hydrogen-bond donors (Lipinski definition) is 7. The van der Waals surface area contributed by atoms with Crippen molar-refractivity contribution in [3.63, 3.8) is 0 Å². The van der Waals surface area contributed by atoms with Crippen LogP contribution < -0.4 is 16.0 Å². The van der Waals surface area contributed by atoms with Crippen molar-refractivity contribution >= 4 is 89.3 Å². The van der Waals surface area contributed by atoms with Crippen molar-refractivity contribution in [2.75, 3.05) is 45.4 Å². The predicted molar refractivity (Wildman–Crippen MR) is 206 cm³/mol. The second-order valence-electron chi connectivity index (χ2n) is 13.1. The number of carbonyl (C=O) groups is 11. The fourth-order valence-corrected chi connectivity index (χ4v) is 7.55. The van der Waals surface area contributed by atoms with Gasteiger partial charge >= 0.3 is 52.3 Å². The molecule has 1 rings (SSSR count). The fraction of sp³-hybridized carbons (Fsp3) is 0.676. The molecule has 0 spiro atoms. The summed E-state index contributed by atoms with van der Waals surface area (Å²) >= 11 is 2.92. The molecule has 23 nitrogen and oxygen atoms in total. The Morgan fingerprint density at radius 1 is 0.833 bits per heavy atom. The average Bonchev–Trinajstić information content (AvgIpc) is 3.46. The molecule has 60 heavy (non-hydrogen) atoms. The number of aliphatic carboxylic acids is 4. The van der Waals surface area contributed by atoms with Crippen LogP contribution >= 0.6 is 23.5 Å². The second kappa shape index (κ2) is 29.7. The van der Waals surface area contributed by atoms with Crippen molar-refractivity contribution in [1.29, 1.82) is 0 Å². The van der Waals surface area contributed by atoms with Gasteiger partial charge in [-0.1, -0.05) is 6.42 Å². The van der Waals surface area contributed by atoms with Gasteiger partial charge < -0.3 is 50.9 Å². The zero-order chi connectivity index (χ0) is 46.1. The third-order valence-corrected chi connectivity index (χ3v) is 10.9. The van der Waals surface area contributed by atoms with Gasteiger partial charge in [-0.3, -0.25) is 43.3 Å². The standard InChI is InChI=1S/C34H52N6O16S2.O.Tc/c1-35-20(29(48)38(2)22(14-28(46)47)30(49)39(3)23(17-57-4)33(53)54)10-9-19(42)8-6-5-7-13-40-26(43)15-24(31(40)50)58-16-21(32(51)52)36-34(55)37-25(56-18-41)11-12-27(44)45;;/h18,20-25,35H,5-17H2,1-4H3,(H,44,45)(H,46,47)(H,51,52)(H,53,54)(H2,36,37,55);;/t20-,21-,22-,23-,24?,25+;;/m0../s1/i;;1+1. The number of Topliss-reactive ketones (excluding diaryl/α,β-unsaturated/α-hetero) is 1. The molecule has 0 bridgehead atoms. The Bertz CT molecular complexity index is 1540. The fourth-order valence-electron chi connectivity index (χ4n) is 5.69. The molecule has 1 aliphatic heterocycles. The minimum atomic E-state index is -1.52. The maximum atomic E-state index is 13.3. The number of rotatable bonds is 30. The molecule has 0 saturated carbocycles. The van der Waals surface area contributed by atoms with E-state index in [1.807, 2.05) is 0 Å². The van der Waals surface area contributed by atoms with Crippen LogP contribution in [0.5, 0.6) is 0 Å². The van der Waals surface area contributed by atoms with E-state index in [2.05, 4.69) is 20.7 Å². The molecule has 1 unspecified atom stereocenters. The van der Waals surface area contributed by atoms with E-state index in [0.717, 1.165) is 45.3 Å². The van der Waals surface area contributed by atoms with Crippen molar-refractivity contribution in [2.24, 2.45) is 0 Å². The number of unbranched alkanes of at least 4 members (excludes halogenated alkanes) is 2. The average molecular weight is 980 g/mol. The molecule has 26 heteroatoms. The molecular formula is C34H52N6O17S2Tc. The molecule has 0 aliphatic carbocycles. The van der Waals surface area contributed by atoms with Gasteiger partial charge in [-0.25, -0.2) is 14.4 Å². The third-order valence-electron chi connectivity index (χ3n) is 8.99. The number of ketones is 1. The Morgan fingerprint density at radius 2 is 1.47 bits per heavy atom. The van der Waals surface area contributed by atoms with Crippen LogP contribution in [0, 0.1) is 0 Å². The topological polar surface area (TPSA) is 341 Å². The zero-order valence-corrected chi connectivity index (χ0v) is 36.9. The van der Waals surface area contributed by atoms with Crippen LogP contribution in [0.15, 0.2) is 0 Å². The van der Waals surface area contributed by atoms with Crippen LogP contribution in [0.2, 0.25) is 0 Å². The number of thioether (sulfide) groups is 2. The van der Waals surface area contributed by atoms with Gasteiger partial charge in [0.05, 0.1) is 24.1 Å². The van der Waals surface area contributed by atoms with E-state index in [0.29, 0.717) is 19.3 Å². The molecule has 0 aromatic heterocycles. The molecule has 1 heterocycles. The summed E-state index contributed by atoms with van der Waals surface area (Å²) in [5.74, 6) is -8.36. The van der Waals surface area contributed by atoms with E-state index in [4.69, 9.17) is 8.61 Å². The minimum absolute atomic E-state index is 0.00799. The number of likely N-dealkylation sites (tertiary alicyclic amines) is 1. The Balaban J connectivity index is 0.0000171. The quantitative estimate of drug-likeness (QED) is 0.0195.